The van der Waals surface area contributed by atoms with Crippen LogP contribution in [0, 0.1) is 6.92 Å². The quantitative estimate of drug-likeness (QED) is 0.602. The zero-order valence-electron chi connectivity index (χ0n) is 10.7. The lowest BCUT2D eigenvalue weighted by Gasteiger charge is -2.09. The van der Waals surface area contributed by atoms with Crippen LogP contribution >= 0.6 is 0 Å². The standard InChI is InChI=1S/C12H22N4O/c1-3-4-5-6-13-11-9-12(14-7-8-17)16-10(2)15-11/h9,17H,3-8H2,1-2H3,(H2,13,14,15,16). The molecule has 5 heteroatoms. The number of nitrogens with zero attached hydrogens (tertiary/aromatic N) is 2. The smallest absolute Gasteiger partial charge is 0.131 e. The molecule has 1 heterocycles. The van der Waals surface area contributed by atoms with Crippen LogP contribution in [-0.4, -0.2) is 34.8 Å². The number of nitrogens with one attached hydrogen (secondary N) is 2. The molecular weight excluding hydrogens is 216 g/mol. The summed E-state index contributed by atoms with van der Waals surface area (Å²) in [7, 11) is 0. The van der Waals surface area contributed by atoms with E-state index in [1.165, 1.54) is 12.8 Å². The van der Waals surface area contributed by atoms with Crippen LogP contribution in [0.5, 0.6) is 0 Å². The molecule has 17 heavy (non-hydrogen) atoms. The van der Waals surface area contributed by atoms with Crippen molar-refractivity contribution in [2.75, 3.05) is 30.3 Å². The zero-order valence-corrected chi connectivity index (χ0v) is 10.7. The summed E-state index contributed by atoms with van der Waals surface area (Å²) >= 11 is 0. The molecular formula is C12H22N4O. The number of hydrogen-bond acceptors (Lipinski definition) is 5. The number of rotatable bonds is 8. The molecule has 0 saturated heterocycles. The minimum absolute atomic E-state index is 0.0995. The Morgan fingerprint density at radius 3 is 2.35 bits per heavy atom. The first-order valence-electron chi connectivity index (χ1n) is 6.20. The second-order valence-electron chi connectivity index (χ2n) is 3.97. The van der Waals surface area contributed by atoms with Crippen molar-refractivity contribution >= 4 is 11.6 Å². The number of aliphatic hydroxyl groups is 1. The maximum absolute atomic E-state index is 8.75. The first kappa shape index (κ1) is 13.7. The summed E-state index contributed by atoms with van der Waals surface area (Å²) in [6, 6.07) is 1.87. The van der Waals surface area contributed by atoms with Crippen LogP contribution in [0.2, 0.25) is 0 Å². The number of aliphatic hydroxyl groups excluding tert-OH is 1. The molecule has 0 aliphatic carbocycles. The summed E-state index contributed by atoms with van der Waals surface area (Å²) in [5.41, 5.74) is 0. The highest BCUT2D eigenvalue weighted by molar-refractivity contribution is 5.47. The van der Waals surface area contributed by atoms with E-state index in [1.807, 2.05) is 13.0 Å². The minimum Gasteiger partial charge on any atom is -0.395 e. The highest BCUT2D eigenvalue weighted by Crippen LogP contribution is 2.11. The average molecular weight is 238 g/mol. The molecule has 1 aromatic rings. The number of anilines is 2. The monoisotopic (exact) mass is 238 g/mol. The predicted octanol–water partition coefficient (Wildman–Crippen LogP) is 1.79. The van der Waals surface area contributed by atoms with Crippen molar-refractivity contribution in [1.82, 2.24) is 9.97 Å². The Morgan fingerprint density at radius 1 is 1.12 bits per heavy atom. The average Bonchev–Trinajstić information content (AvgIpc) is 2.31. The molecule has 5 nitrogen and oxygen atoms in total. The van der Waals surface area contributed by atoms with Crippen molar-refractivity contribution in [3.63, 3.8) is 0 Å². The maximum Gasteiger partial charge on any atom is 0.131 e. The Kier molecular flexibility index (Phi) is 6.32. The molecule has 3 N–H and O–H groups in total. The van der Waals surface area contributed by atoms with Gasteiger partial charge in [-0.3, -0.25) is 0 Å². The Labute approximate surface area is 103 Å². The first-order valence-corrected chi connectivity index (χ1v) is 6.20. The van der Waals surface area contributed by atoms with Crippen molar-refractivity contribution in [3.05, 3.63) is 11.9 Å². The van der Waals surface area contributed by atoms with Gasteiger partial charge in [0.15, 0.2) is 0 Å². The highest BCUT2D eigenvalue weighted by Gasteiger charge is 2.00. The fraction of sp³-hybridized carbons (Fsp3) is 0.667. The van der Waals surface area contributed by atoms with Crippen LogP contribution in [0.25, 0.3) is 0 Å². The largest absolute Gasteiger partial charge is 0.395 e. The predicted molar refractivity (Wildman–Crippen MR) is 70.4 cm³/mol. The van der Waals surface area contributed by atoms with Crippen LogP contribution in [0.1, 0.15) is 32.0 Å². The van der Waals surface area contributed by atoms with E-state index in [4.69, 9.17) is 5.11 Å². The van der Waals surface area contributed by atoms with Crippen LogP contribution in [0.15, 0.2) is 6.07 Å². The third kappa shape index (κ3) is 5.49. The van der Waals surface area contributed by atoms with Crippen molar-refractivity contribution in [2.24, 2.45) is 0 Å². The number of aryl methyl sites for hydroxylation is 1. The second-order valence-corrected chi connectivity index (χ2v) is 3.97. The molecule has 0 bridgehead atoms. The van der Waals surface area contributed by atoms with E-state index >= 15 is 0 Å². The zero-order chi connectivity index (χ0) is 12.5. The number of hydrogen-bond donors (Lipinski definition) is 3. The second kappa shape index (κ2) is 7.84. The molecule has 0 fully saturated rings. The van der Waals surface area contributed by atoms with Gasteiger partial charge in [-0.15, -0.1) is 0 Å². The Morgan fingerprint density at radius 2 is 1.76 bits per heavy atom. The van der Waals surface area contributed by atoms with Gasteiger partial charge in [-0.25, -0.2) is 9.97 Å². The van der Waals surface area contributed by atoms with Gasteiger partial charge in [0.1, 0.15) is 17.5 Å². The fourth-order valence-corrected chi connectivity index (χ4v) is 1.52. The van der Waals surface area contributed by atoms with Gasteiger partial charge in [0, 0.05) is 19.2 Å². The molecule has 1 rings (SSSR count). The third-order valence-electron chi connectivity index (χ3n) is 2.34. The molecule has 0 spiro atoms. The maximum atomic E-state index is 8.75. The molecule has 0 aliphatic heterocycles. The summed E-state index contributed by atoms with van der Waals surface area (Å²) in [6.45, 7) is 5.59. The SMILES string of the molecule is CCCCCNc1cc(NCCO)nc(C)n1. The van der Waals surface area contributed by atoms with E-state index in [1.54, 1.807) is 0 Å². The minimum atomic E-state index is 0.0995. The summed E-state index contributed by atoms with van der Waals surface area (Å²) in [5.74, 6) is 2.32. The van der Waals surface area contributed by atoms with Crippen LogP contribution < -0.4 is 10.6 Å². The lowest BCUT2D eigenvalue weighted by atomic mass is 10.2. The molecule has 0 aromatic carbocycles. The summed E-state index contributed by atoms with van der Waals surface area (Å²) < 4.78 is 0. The van der Waals surface area contributed by atoms with E-state index in [-0.39, 0.29) is 6.61 Å². The Bertz CT molecular complexity index is 330. The van der Waals surface area contributed by atoms with E-state index in [9.17, 15) is 0 Å². The van der Waals surface area contributed by atoms with Crippen molar-refractivity contribution in [1.29, 1.82) is 0 Å². The van der Waals surface area contributed by atoms with Gasteiger partial charge in [0.05, 0.1) is 6.61 Å². The Hall–Kier alpha value is -1.36. The van der Waals surface area contributed by atoms with Crippen molar-refractivity contribution in [3.8, 4) is 0 Å². The van der Waals surface area contributed by atoms with Gasteiger partial charge in [-0.2, -0.15) is 0 Å². The first-order chi connectivity index (χ1) is 8.26. The summed E-state index contributed by atoms with van der Waals surface area (Å²) in [6.07, 6.45) is 3.60. The van der Waals surface area contributed by atoms with Crippen LogP contribution in [0.3, 0.4) is 0 Å². The highest BCUT2D eigenvalue weighted by atomic mass is 16.3. The van der Waals surface area contributed by atoms with Crippen molar-refractivity contribution in [2.45, 2.75) is 33.1 Å². The molecule has 0 unspecified atom stereocenters. The molecule has 0 saturated carbocycles. The molecule has 96 valence electrons. The summed E-state index contributed by atoms with van der Waals surface area (Å²) in [5, 5.41) is 15.1. The Balaban J connectivity index is 2.50. The van der Waals surface area contributed by atoms with E-state index in [2.05, 4.69) is 27.5 Å². The fourth-order valence-electron chi connectivity index (χ4n) is 1.52. The van der Waals surface area contributed by atoms with Gasteiger partial charge in [0.2, 0.25) is 0 Å². The molecule has 1 aromatic heterocycles. The lowest BCUT2D eigenvalue weighted by molar-refractivity contribution is 0.311. The van der Waals surface area contributed by atoms with Gasteiger partial charge < -0.3 is 15.7 Å². The topological polar surface area (TPSA) is 70.1 Å². The van der Waals surface area contributed by atoms with Crippen LogP contribution in [0.4, 0.5) is 11.6 Å². The van der Waals surface area contributed by atoms with Gasteiger partial charge >= 0.3 is 0 Å². The van der Waals surface area contributed by atoms with Crippen LogP contribution in [-0.2, 0) is 0 Å². The number of unbranched alkanes of at least 4 members (excludes halogenated alkanes) is 2. The molecule has 0 radical (unpaired) electrons. The van der Waals surface area contributed by atoms with Gasteiger partial charge in [-0.05, 0) is 13.3 Å². The van der Waals surface area contributed by atoms with E-state index in [0.717, 1.165) is 30.4 Å². The normalized spacial score (nSPS) is 10.3. The van der Waals surface area contributed by atoms with E-state index < -0.39 is 0 Å². The molecule has 0 amide bonds. The molecule has 0 aliphatic rings. The summed E-state index contributed by atoms with van der Waals surface area (Å²) in [4.78, 5) is 8.56. The van der Waals surface area contributed by atoms with Gasteiger partial charge in [0.25, 0.3) is 0 Å². The van der Waals surface area contributed by atoms with Gasteiger partial charge in [-0.1, -0.05) is 19.8 Å². The lowest BCUT2D eigenvalue weighted by Crippen LogP contribution is -2.10. The van der Waals surface area contributed by atoms with Crippen molar-refractivity contribution < 1.29 is 5.11 Å². The van der Waals surface area contributed by atoms with E-state index in [0.29, 0.717) is 6.54 Å². The molecule has 0 atom stereocenters. The third-order valence-corrected chi connectivity index (χ3v) is 2.34. The number of aromatic nitrogens is 2.